The number of hydrogen-bond donors (Lipinski definition) is 8. The minimum absolute atomic E-state index is 0.0463. The van der Waals surface area contributed by atoms with E-state index in [9.17, 15) is 0 Å². The van der Waals surface area contributed by atoms with E-state index in [4.69, 9.17) is 44.0 Å². The molecule has 8 heteroatoms. The van der Waals surface area contributed by atoms with Gasteiger partial charge in [0.1, 0.15) is 0 Å². The Hall–Kier alpha value is -0.320. The standard InChI is InChI=1S/C5H13N.C4H11NO.2C4H11N.C4H10O2.C3H9N/c1-3-5(6)4-2;1-4(2-5)3-6;1-4(2)3-5;1-2-3-4-5;1-4(2-5)3-6;1-2-3-4/h5H,3-4,6H2,1-2H3;4,6H,2-3,5H2,1H3;4H,3,5H2,1-2H3;2-5H2,1H3;4-6H,2-3H2,1H3;2-4H2,1H3. The maximum atomic E-state index is 8.25. The van der Waals surface area contributed by atoms with Crippen LogP contribution in [0.5, 0.6) is 0 Å². The van der Waals surface area contributed by atoms with Crippen molar-refractivity contribution >= 4 is 0 Å². The zero-order chi connectivity index (χ0) is 26.8. The van der Waals surface area contributed by atoms with Gasteiger partial charge in [-0.1, -0.05) is 61.8 Å². The van der Waals surface area contributed by atoms with Crippen molar-refractivity contribution in [3.05, 3.63) is 0 Å². The highest BCUT2D eigenvalue weighted by Gasteiger charge is 1.92. The number of aliphatic hydroxyl groups excluding tert-OH is 3. The summed E-state index contributed by atoms with van der Waals surface area (Å²) in [6.07, 6.45) is 5.70. The topological polar surface area (TPSA) is 191 Å². The van der Waals surface area contributed by atoms with Crippen LogP contribution in [0.4, 0.5) is 0 Å². The van der Waals surface area contributed by atoms with E-state index in [-0.39, 0.29) is 31.7 Å². The molecule has 0 bridgehead atoms. The average Bonchev–Trinajstić information content (AvgIpc) is 2.84. The number of hydrogen-bond acceptors (Lipinski definition) is 8. The van der Waals surface area contributed by atoms with Crippen LogP contribution in [-0.2, 0) is 0 Å². The van der Waals surface area contributed by atoms with Gasteiger partial charge >= 0.3 is 0 Å². The van der Waals surface area contributed by atoms with Crippen LogP contribution in [0.2, 0.25) is 0 Å². The van der Waals surface area contributed by atoms with Gasteiger partial charge in [0, 0.05) is 31.8 Å². The van der Waals surface area contributed by atoms with Gasteiger partial charge in [-0.3, -0.25) is 0 Å². The smallest absolute Gasteiger partial charge is 0.0478 e. The average molecular weight is 472 g/mol. The van der Waals surface area contributed by atoms with Crippen LogP contribution < -0.4 is 28.7 Å². The molecule has 1 unspecified atom stereocenters. The van der Waals surface area contributed by atoms with Gasteiger partial charge in [-0.05, 0) is 63.7 Å². The van der Waals surface area contributed by atoms with Crippen molar-refractivity contribution in [2.75, 3.05) is 46.0 Å². The summed E-state index contributed by atoms with van der Waals surface area (Å²) in [7, 11) is 0. The van der Waals surface area contributed by atoms with Crippen molar-refractivity contribution < 1.29 is 15.3 Å². The Kier molecular flexibility index (Phi) is 68.1. The van der Waals surface area contributed by atoms with Crippen molar-refractivity contribution in [1.29, 1.82) is 0 Å². The zero-order valence-corrected chi connectivity index (χ0v) is 23.0. The Labute approximate surface area is 201 Å². The fraction of sp³-hybridized carbons (Fsp3) is 1.00. The summed E-state index contributed by atoms with van der Waals surface area (Å²) in [6.45, 7) is 19.7. The molecule has 0 spiro atoms. The number of aliphatic hydroxyl groups is 3. The SMILES string of the molecule is CC(C)CN.CC(CN)CO.CC(CO)CO.CCC(N)CC.CCCCN.CCCN. The third-order valence-electron chi connectivity index (χ3n) is 3.70. The van der Waals surface area contributed by atoms with Crippen molar-refractivity contribution in [2.45, 2.75) is 93.5 Å². The second kappa shape index (κ2) is 48.2. The maximum absolute atomic E-state index is 8.25. The van der Waals surface area contributed by atoms with E-state index < -0.39 is 0 Å². The summed E-state index contributed by atoms with van der Waals surface area (Å²) in [5, 5.41) is 24.6. The van der Waals surface area contributed by atoms with E-state index in [1.165, 1.54) is 12.8 Å². The Morgan fingerprint density at radius 1 is 0.594 bits per heavy atom. The first-order chi connectivity index (χ1) is 15.0. The molecule has 0 fully saturated rings. The Morgan fingerprint density at radius 2 is 0.938 bits per heavy atom. The van der Waals surface area contributed by atoms with Crippen molar-refractivity contribution in [1.82, 2.24) is 0 Å². The molecule has 0 saturated carbocycles. The van der Waals surface area contributed by atoms with Crippen LogP contribution in [0, 0.1) is 17.8 Å². The molecule has 0 aliphatic heterocycles. The number of nitrogens with two attached hydrogens (primary N) is 5. The van der Waals surface area contributed by atoms with E-state index in [2.05, 4.69) is 41.5 Å². The van der Waals surface area contributed by atoms with Crippen LogP contribution in [0.15, 0.2) is 0 Å². The van der Waals surface area contributed by atoms with Crippen molar-refractivity contribution in [3.63, 3.8) is 0 Å². The third-order valence-corrected chi connectivity index (χ3v) is 3.70. The van der Waals surface area contributed by atoms with Gasteiger partial charge in [0.2, 0.25) is 0 Å². The molecule has 0 saturated heterocycles. The predicted octanol–water partition coefficient (Wildman–Crippen LogP) is 2.02. The summed E-state index contributed by atoms with van der Waals surface area (Å²) >= 11 is 0. The molecule has 32 heavy (non-hydrogen) atoms. The van der Waals surface area contributed by atoms with Crippen LogP contribution in [-0.4, -0.2) is 67.4 Å². The van der Waals surface area contributed by atoms with E-state index in [1.54, 1.807) is 6.92 Å². The highest BCUT2D eigenvalue weighted by atomic mass is 16.3. The molecule has 204 valence electrons. The van der Waals surface area contributed by atoms with Gasteiger partial charge in [-0.25, -0.2) is 0 Å². The van der Waals surface area contributed by atoms with Crippen LogP contribution in [0.3, 0.4) is 0 Å². The first kappa shape index (κ1) is 45.2. The minimum Gasteiger partial charge on any atom is -0.396 e. The normalized spacial score (nSPS) is 10.2. The minimum atomic E-state index is 0.0463. The van der Waals surface area contributed by atoms with Gasteiger partial charge in [0.15, 0.2) is 0 Å². The summed E-state index contributed by atoms with van der Waals surface area (Å²) in [6, 6.07) is 0.435. The Balaban J connectivity index is -0.0000000637. The second-order valence-electron chi connectivity index (χ2n) is 8.13. The molecule has 1 atom stereocenters. The fourth-order valence-electron chi connectivity index (χ4n) is 0.625. The van der Waals surface area contributed by atoms with Crippen molar-refractivity contribution in [2.24, 2.45) is 46.4 Å². The first-order valence-corrected chi connectivity index (χ1v) is 12.4. The Morgan fingerprint density at radius 3 is 0.938 bits per heavy atom. The van der Waals surface area contributed by atoms with E-state index in [0.29, 0.717) is 18.5 Å². The van der Waals surface area contributed by atoms with Gasteiger partial charge in [-0.15, -0.1) is 0 Å². The molecule has 0 aliphatic carbocycles. The lowest BCUT2D eigenvalue weighted by Crippen LogP contribution is -2.16. The van der Waals surface area contributed by atoms with E-state index in [0.717, 1.165) is 38.9 Å². The lowest BCUT2D eigenvalue weighted by molar-refractivity contribution is 0.162. The summed E-state index contributed by atoms with van der Waals surface area (Å²) in [5.74, 6) is 0.977. The van der Waals surface area contributed by atoms with Crippen molar-refractivity contribution in [3.8, 4) is 0 Å². The van der Waals surface area contributed by atoms with E-state index in [1.807, 2.05) is 6.92 Å². The second-order valence-corrected chi connectivity index (χ2v) is 8.13. The number of unbranched alkanes of at least 4 members (excludes halogenated alkanes) is 1. The van der Waals surface area contributed by atoms with Gasteiger partial charge in [0.05, 0.1) is 0 Å². The lowest BCUT2D eigenvalue weighted by Gasteiger charge is -1.99. The lowest BCUT2D eigenvalue weighted by atomic mass is 10.2. The molecule has 13 N–H and O–H groups in total. The fourth-order valence-corrected chi connectivity index (χ4v) is 0.625. The quantitative estimate of drug-likeness (QED) is 0.237. The molecule has 0 aromatic rings. The van der Waals surface area contributed by atoms with Gasteiger partial charge < -0.3 is 44.0 Å². The predicted molar refractivity (Wildman–Crippen MR) is 144 cm³/mol. The van der Waals surface area contributed by atoms with Gasteiger partial charge in [0.25, 0.3) is 0 Å². The molecule has 0 heterocycles. The van der Waals surface area contributed by atoms with E-state index >= 15 is 0 Å². The Bertz CT molecular complexity index is 212. The molecule has 0 aliphatic rings. The summed E-state index contributed by atoms with van der Waals surface area (Å²) in [5.41, 5.74) is 25.9. The highest BCUT2D eigenvalue weighted by Crippen LogP contribution is 1.88. The highest BCUT2D eigenvalue weighted by molar-refractivity contribution is 4.51. The maximum Gasteiger partial charge on any atom is 0.0478 e. The third kappa shape index (κ3) is 87.7. The van der Waals surface area contributed by atoms with Crippen LogP contribution >= 0.6 is 0 Å². The molecule has 0 radical (unpaired) electrons. The zero-order valence-electron chi connectivity index (χ0n) is 23.0. The molecular formula is C24H65N5O3. The molecule has 0 amide bonds. The molecule has 8 nitrogen and oxygen atoms in total. The largest absolute Gasteiger partial charge is 0.396 e. The van der Waals surface area contributed by atoms with Crippen LogP contribution in [0.25, 0.3) is 0 Å². The molecule has 0 aromatic carbocycles. The van der Waals surface area contributed by atoms with Crippen LogP contribution in [0.1, 0.15) is 87.5 Å². The molecular weight excluding hydrogens is 406 g/mol. The summed E-state index contributed by atoms with van der Waals surface area (Å²) in [4.78, 5) is 0. The summed E-state index contributed by atoms with van der Waals surface area (Å²) < 4.78 is 0. The monoisotopic (exact) mass is 472 g/mol. The first-order valence-electron chi connectivity index (χ1n) is 12.4. The number of rotatable bonds is 10. The molecule has 0 rings (SSSR count). The van der Waals surface area contributed by atoms with Gasteiger partial charge in [-0.2, -0.15) is 0 Å². The molecule has 0 aromatic heterocycles.